The Hall–Kier alpha value is -0.530. The van der Waals surface area contributed by atoms with Crippen LogP contribution >= 0.6 is 11.6 Å². The Kier molecular flexibility index (Phi) is 4.81. The van der Waals surface area contributed by atoms with Crippen LogP contribution in [0.5, 0.6) is 0 Å². The van der Waals surface area contributed by atoms with Crippen LogP contribution in [0.1, 0.15) is 51.2 Å². The fourth-order valence-electron chi connectivity index (χ4n) is 4.00. The van der Waals surface area contributed by atoms with Crippen LogP contribution in [0, 0.1) is 24.7 Å². The SMILES string of the molecule is Cc1ccc(CC2(N)CC(C)CCC2C(C)C)c(Cl)c1. The minimum absolute atomic E-state index is 0.106. The van der Waals surface area contributed by atoms with Crippen LogP contribution in [-0.2, 0) is 6.42 Å². The zero-order chi connectivity index (χ0) is 14.9. The Bertz CT molecular complexity index is 468. The van der Waals surface area contributed by atoms with Gasteiger partial charge in [-0.2, -0.15) is 0 Å². The summed E-state index contributed by atoms with van der Waals surface area (Å²) in [6, 6.07) is 6.35. The largest absolute Gasteiger partial charge is 0.325 e. The lowest BCUT2D eigenvalue weighted by atomic mass is 9.63. The molecule has 112 valence electrons. The van der Waals surface area contributed by atoms with Gasteiger partial charge in [-0.25, -0.2) is 0 Å². The highest BCUT2D eigenvalue weighted by atomic mass is 35.5. The summed E-state index contributed by atoms with van der Waals surface area (Å²) >= 11 is 6.42. The molecule has 3 unspecified atom stereocenters. The molecule has 2 rings (SSSR count). The third kappa shape index (κ3) is 3.38. The molecule has 3 atom stereocenters. The van der Waals surface area contributed by atoms with E-state index in [9.17, 15) is 0 Å². The highest BCUT2D eigenvalue weighted by Gasteiger charge is 2.41. The minimum atomic E-state index is -0.106. The summed E-state index contributed by atoms with van der Waals surface area (Å²) < 4.78 is 0. The van der Waals surface area contributed by atoms with Crippen LogP contribution in [0.15, 0.2) is 18.2 Å². The fourth-order valence-corrected chi connectivity index (χ4v) is 4.31. The van der Waals surface area contributed by atoms with E-state index in [-0.39, 0.29) is 5.54 Å². The van der Waals surface area contributed by atoms with E-state index in [4.69, 9.17) is 17.3 Å². The monoisotopic (exact) mass is 293 g/mol. The summed E-state index contributed by atoms with van der Waals surface area (Å²) in [6.45, 7) is 9.01. The van der Waals surface area contributed by atoms with Gasteiger partial charge >= 0.3 is 0 Å². The van der Waals surface area contributed by atoms with Crippen molar-refractivity contribution in [3.63, 3.8) is 0 Å². The molecule has 1 aromatic rings. The number of hydrogen-bond donors (Lipinski definition) is 1. The van der Waals surface area contributed by atoms with Gasteiger partial charge in [0.15, 0.2) is 0 Å². The highest BCUT2D eigenvalue weighted by Crippen LogP contribution is 2.42. The first-order valence-electron chi connectivity index (χ1n) is 7.86. The summed E-state index contributed by atoms with van der Waals surface area (Å²) in [5.41, 5.74) is 9.19. The van der Waals surface area contributed by atoms with Gasteiger partial charge in [0.25, 0.3) is 0 Å². The maximum Gasteiger partial charge on any atom is 0.0441 e. The highest BCUT2D eigenvalue weighted by molar-refractivity contribution is 6.31. The average molecular weight is 294 g/mol. The van der Waals surface area contributed by atoms with Crippen molar-refractivity contribution < 1.29 is 0 Å². The first-order valence-corrected chi connectivity index (χ1v) is 8.23. The third-order valence-electron chi connectivity index (χ3n) is 4.97. The van der Waals surface area contributed by atoms with Crippen molar-refractivity contribution in [2.45, 2.75) is 58.9 Å². The van der Waals surface area contributed by atoms with Gasteiger partial charge in [0.1, 0.15) is 0 Å². The Balaban J connectivity index is 2.26. The zero-order valence-electron chi connectivity index (χ0n) is 13.2. The second-order valence-corrected chi connectivity index (χ2v) is 7.65. The average Bonchev–Trinajstić information content (AvgIpc) is 2.32. The summed E-state index contributed by atoms with van der Waals surface area (Å²) in [5, 5.41) is 0.871. The molecule has 0 aliphatic heterocycles. The lowest BCUT2D eigenvalue weighted by Gasteiger charge is -2.46. The van der Waals surface area contributed by atoms with Crippen molar-refractivity contribution in [3.05, 3.63) is 34.3 Å². The smallest absolute Gasteiger partial charge is 0.0441 e. The van der Waals surface area contributed by atoms with Gasteiger partial charge in [-0.05, 0) is 61.1 Å². The van der Waals surface area contributed by atoms with E-state index in [1.165, 1.54) is 24.0 Å². The molecule has 0 saturated heterocycles. The Morgan fingerprint density at radius 3 is 2.65 bits per heavy atom. The molecule has 0 radical (unpaired) electrons. The number of nitrogens with two attached hydrogens (primary N) is 1. The van der Waals surface area contributed by atoms with Gasteiger partial charge in [-0.3, -0.25) is 0 Å². The van der Waals surface area contributed by atoms with Crippen LogP contribution in [0.2, 0.25) is 5.02 Å². The predicted molar refractivity (Wildman–Crippen MR) is 88.2 cm³/mol. The molecule has 2 N–H and O–H groups in total. The molecule has 0 heterocycles. The van der Waals surface area contributed by atoms with E-state index in [0.717, 1.165) is 23.8 Å². The molecule has 1 nitrogen and oxygen atoms in total. The van der Waals surface area contributed by atoms with Gasteiger partial charge in [0.05, 0.1) is 0 Å². The molecule has 1 aromatic carbocycles. The van der Waals surface area contributed by atoms with Gasteiger partial charge in [-0.15, -0.1) is 0 Å². The molecule has 1 saturated carbocycles. The molecular weight excluding hydrogens is 266 g/mol. The van der Waals surface area contributed by atoms with Gasteiger partial charge in [0, 0.05) is 10.6 Å². The number of benzene rings is 1. The number of halogens is 1. The van der Waals surface area contributed by atoms with E-state index in [1.807, 2.05) is 0 Å². The van der Waals surface area contributed by atoms with E-state index in [0.29, 0.717) is 11.8 Å². The van der Waals surface area contributed by atoms with Gasteiger partial charge < -0.3 is 5.73 Å². The summed E-state index contributed by atoms with van der Waals surface area (Å²) in [5.74, 6) is 1.95. The maximum atomic E-state index is 6.87. The Morgan fingerprint density at radius 1 is 1.35 bits per heavy atom. The van der Waals surface area contributed by atoms with Crippen molar-refractivity contribution in [1.29, 1.82) is 0 Å². The molecule has 1 fully saturated rings. The maximum absolute atomic E-state index is 6.87. The second kappa shape index (κ2) is 6.07. The van der Waals surface area contributed by atoms with Crippen molar-refractivity contribution >= 4 is 11.6 Å². The van der Waals surface area contributed by atoms with E-state index >= 15 is 0 Å². The molecule has 1 aliphatic rings. The quantitative estimate of drug-likeness (QED) is 0.835. The van der Waals surface area contributed by atoms with Gasteiger partial charge in [0.2, 0.25) is 0 Å². The molecular formula is C18H28ClN. The minimum Gasteiger partial charge on any atom is -0.325 e. The standard InChI is InChI=1S/C18H28ClN/c1-12(2)16-8-6-14(4)10-18(16,20)11-15-7-5-13(3)9-17(15)19/h5,7,9,12,14,16H,6,8,10-11,20H2,1-4H3. The lowest BCUT2D eigenvalue weighted by Crippen LogP contribution is -2.54. The summed E-state index contributed by atoms with van der Waals surface area (Å²) in [4.78, 5) is 0. The van der Waals surface area contributed by atoms with Crippen molar-refractivity contribution in [3.8, 4) is 0 Å². The molecule has 0 aromatic heterocycles. The van der Waals surface area contributed by atoms with Gasteiger partial charge in [-0.1, -0.05) is 50.9 Å². The van der Waals surface area contributed by atoms with E-state index in [1.54, 1.807) is 0 Å². The van der Waals surface area contributed by atoms with Crippen LogP contribution in [-0.4, -0.2) is 5.54 Å². The normalized spacial score (nSPS) is 30.8. The lowest BCUT2D eigenvalue weighted by molar-refractivity contribution is 0.109. The first-order chi connectivity index (χ1) is 9.32. The van der Waals surface area contributed by atoms with Crippen molar-refractivity contribution in [1.82, 2.24) is 0 Å². The Morgan fingerprint density at radius 2 is 2.05 bits per heavy atom. The molecule has 1 aliphatic carbocycles. The Labute approximate surface area is 128 Å². The summed E-state index contributed by atoms with van der Waals surface area (Å²) in [6.07, 6.45) is 4.57. The van der Waals surface area contributed by atoms with Crippen molar-refractivity contribution in [2.75, 3.05) is 0 Å². The number of hydrogen-bond acceptors (Lipinski definition) is 1. The first kappa shape index (κ1) is 15.9. The molecule has 0 spiro atoms. The third-order valence-corrected chi connectivity index (χ3v) is 5.32. The van der Waals surface area contributed by atoms with Crippen LogP contribution in [0.25, 0.3) is 0 Å². The fraction of sp³-hybridized carbons (Fsp3) is 0.667. The predicted octanol–water partition coefficient (Wildman–Crippen LogP) is 4.98. The topological polar surface area (TPSA) is 26.0 Å². The molecule has 0 amide bonds. The van der Waals surface area contributed by atoms with Crippen LogP contribution in [0.3, 0.4) is 0 Å². The summed E-state index contributed by atoms with van der Waals surface area (Å²) in [7, 11) is 0. The van der Waals surface area contributed by atoms with Crippen LogP contribution < -0.4 is 5.73 Å². The van der Waals surface area contributed by atoms with E-state index < -0.39 is 0 Å². The molecule has 2 heteroatoms. The second-order valence-electron chi connectivity index (χ2n) is 7.24. The molecule has 0 bridgehead atoms. The van der Waals surface area contributed by atoms with Crippen molar-refractivity contribution in [2.24, 2.45) is 23.5 Å². The molecule has 20 heavy (non-hydrogen) atoms. The van der Waals surface area contributed by atoms with E-state index in [2.05, 4.69) is 45.9 Å². The number of rotatable bonds is 3. The number of aryl methyl sites for hydroxylation is 1. The zero-order valence-corrected chi connectivity index (χ0v) is 14.0. The van der Waals surface area contributed by atoms with Crippen LogP contribution in [0.4, 0.5) is 0 Å².